The maximum Gasteiger partial charge on any atom is 0.127 e. The van der Waals surface area contributed by atoms with E-state index in [1.165, 1.54) is 12.8 Å². The molecule has 4 nitrogen and oxygen atoms in total. The molecule has 1 aromatic rings. The number of rotatable bonds is 6. The lowest BCUT2D eigenvalue weighted by atomic mass is 10.0. The van der Waals surface area contributed by atoms with Gasteiger partial charge in [0.15, 0.2) is 0 Å². The maximum atomic E-state index is 6.28. The molecule has 1 heterocycles. The quantitative estimate of drug-likeness (QED) is 0.845. The zero-order valence-corrected chi connectivity index (χ0v) is 12.0. The molecule has 0 atom stereocenters. The predicted molar refractivity (Wildman–Crippen MR) is 73.7 cm³/mol. The molecule has 0 radical (unpaired) electrons. The summed E-state index contributed by atoms with van der Waals surface area (Å²) in [6.45, 7) is 6.32. The molecule has 1 aliphatic rings. The van der Waals surface area contributed by atoms with Crippen LogP contribution >= 0.6 is 0 Å². The Hall–Kier alpha value is -1.03. The van der Waals surface area contributed by atoms with Crippen molar-refractivity contribution in [2.75, 3.05) is 12.8 Å². The van der Waals surface area contributed by atoms with Crippen LogP contribution in [0.1, 0.15) is 57.6 Å². The number of nitrogen functional groups attached to an aromatic ring is 1. The molecule has 2 rings (SSSR count). The molecule has 0 aromatic carbocycles. The first-order valence-corrected chi connectivity index (χ1v) is 6.89. The highest BCUT2D eigenvalue weighted by Crippen LogP contribution is 2.39. The van der Waals surface area contributed by atoms with E-state index in [0.29, 0.717) is 6.04 Å². The molecule has 0 amide bonds. The predicted octanol–water partition coefficient (Wildman–Crippen LogP) is 2.72. The number of nitrogens with zero attached hydrogens (tertiary/aromatic N) is 2. The molecule has 1 fully saturated rings. The summed E-state index contributed by atoms with van der Waals surface area (Å²) in [6.07, 6.45) is 5.37. The van der Waals surface area contributed by atoms with Gasteiger partial charge in [-0.1, -0.05) is 6.92 Å². The first-order chi connectivity index (χ1) is 8.48. The lowest BCUT2D eigenvalue weighted by molar-refractivity contribution is 0.0226. The third-order valence-corrected chi connectivity index (χ3v) is 3.63. The van der Waals surface area contributed by atoms with Gasteiger partial charge in [0.05, 0.1) is 11.3 Å². The molecule has 0 aliphatic heterocycles. The number of anilines is 1. The average Bonchev–Trinajstić information content (AvgIpc) is 3.08. The van der Waals surface area contributed by atoms with Crippen molar-refractivity contribution in [3.8, 4) is 0 Å². The summed E-state index contributed by atoms with van der Waals surface area (Å²) in [5.74, 6) is 2.01. The van der Waals surface area contributed by atoms with Crippen LogP contribution in [0.25, 0.3) is 0 Å². The number of methoxy groups -OCH3 is 1. The van der Waals surface area contributed by atoms with Crippen LogP contribution in [0.5, 0.6) is 0 Å². The largest absolute Gasteiger partial charge is 0.384 e. The van der Waals surface area contributed by atoms with Crippen LogP contribution in [0, 0.1) is 0 Å². The van der Waals surface area contributed by atoms with Gasteiger partial charge >= 0.3 is 0 Å². The number of hydrogen-bond donors (Lipinski definition) is 1. The van der Waals surface area contributed by atoms with Gasteiger partial charge in [-0.25, -0.2) is 4.98 Å². The Morgan fingerprint density at radius 3 is 2.61 bits per heavy atom. The summed E-state index contributed by atoms with van der Waals surface area (Å²) in [5, 5.41) is 0. The van der Waals surface area contributed by atoms with E-state index in [2.05, 4.69) is 25.3 Å². The molecule has 102 valence electrons. The summed E-state index contributed by atoms with van der Waals surface area (Å²) in [6, 6.07) is 0.596. The van der Waals surface area contributed by atoms with Gasteiger partial charge in [-0.15, -0.1) is 0 Å². The van der Waals surface area contributed by atoms with Crippen molar-refractivity contribution in [2.45, 2.75) is 64.5 Å². The fourth-order valence-corrected chi connectivity index (χ4v) is 2.29. The van der Waals surface area contributed by atoms with Crippen molar-refractivity contribution in [1.29, 1.82) is 0 Å². The fourth-order valence-electron chi connectivity index (χ4n) is 2.29. The molecule has 1 aromatic heterocycles. The van der Waals surface area contributed by atoms with E-state index in [-0.39, 0.29) is 5.60 Å². The molecule has 4 heteroatoms. The second kappa shape index (κ2) is 4.92. The van der Waals surface area contributed by atoms with E-state index in [9.17, 15) is 0 Å². The van der Waals surface area contributed by atoms with Gasteiger partial charge in [0.25, 0.3) is 0 Å². The minimum atomic E-state index is -0.208. The molecule has 1 aliphatic carbocycles. The van der Waals surface area contributed by atoms with Crippen LogP contribution in [-0.2, 0) is 17.6 Å². The van der Waals surface area contributed by atoms with E-state index in [0.717, 1.165) is 36.6 Å². The Morgan fingerprint density at radius 1 is 1.44 bits per heavy atom. The number of imidazole rings is 1. The lowest BCUT2D eigenvalue weighted by Gasteiger charge is -2.21. The van der Waals surface area contributed by atoms with Crippen LogP contribution in [-0.4, -0.2) is 22.3 Å². The molecule has 2 N–H and O–H groups in total. The Labute approximate surface area is 110 Å². The number of ether oxygens (including phenoxy) is 1. The van der Waals surface area contributed by atoms with Crippen molar-refractivity contribution in [1.82, 2.24) is 9.55 Å². The van der Waals surface area contributed by atoms with E-state index in [1.807, 2.05) is 0 Å². The fraction of sp³-hybridized carbons (Fsp3) is 0.786. The van der Waals surface area contributed by atoms with Crippen molar-refractivity contribution in [3.63, 3.8) is 0 Å². The van der Waals surface area contributed by atoms with Crippen molar-refractivity contribution >= 4 is 5.82 Å². The van der Waals surface area contributed by atoms with Crippen LogP contribution in [0.15, 0.2) is 0 Å². The standard InChI is InChI=1S/C14H25N3O/c1-5-6-12-16-11(9-14(2,3)18-4)13(15)17(12)10-7-8-10/h10H,5-9,15H2,1-4H3. The van der Waals surface area contributed by atoms with Crippen LogP contribution in [0.4, 0.5) is 5.82 Å². The molecule has 0 saturated heterocycles. The Kier molecular flexibility index (Phi) is 3.66. The van der Waals surface area contributed by atoms with Gasteiger partial charge in [0, 0.05) is 26.0 Å². The zero-order valence-electron chi connectivity index (χ0n) is 12.0. The summed E-state index contributed by atoms with van der Waals surface area (Å²) >= 11 is 0. The topological polar surface area (TPSA) is 53.1 Å². The lowest BCUT2D eigenvalue weighted by Crippen LogP contribution is -2.26. The van der Waals surface area contributed by atoms with E-state index in [4.69, 9.17) is 15.5 Å². The normalized spacial score (nSPS) is 16.2. The highest BCUT2D eigenvalue weighted by Gasteiger charge is 2.31. The van der Waals surface area contributed by atoms with Crippen LogP contribution in [0.3, 0.4) is 0 Å². The monoisotopic (exact) mass is 251 g/mol. The Bertz CT molecular complexity index is 419. The average molecular weight is 251 g/mol. The second-order valence-electron chi connectivity index (χ2n) is 5.85. The number of aryl methyl sites for hydroxylation is 1. The summed E-state index contributed by atoms with van der Waals surface area (Å²) in [7, 11) is 1.74. The summed E-state index contributed by atoms with van der Waals surface area (Å²) in [4.78, 5) is 4.75. The van der Waals surface area contributed by atoms with E-state index in [1.54, 1.807) is 7.11 Å². The smallest absolute Gasteiger partial charge is 0.127 e. The third kappa shape index (κ3) is 2.69. The Balaban J connectivity index is 2.28. The van der Waals surface area contributed by atoms with Gasteiger partial charge in [-0.2, -0.15) is 0 Å². The van der Waals surface area contributed by atoms with Gasteiger partial charge in [-0.3, -0.25) is 0 Å². The molecule has 0 bridgehead atoms. The van der Waals surface area contributed by atoms with E-state index >= 15 is 0 Å². The van der Waals surface area contributed by atoms with Crippen LogP contribution < -0.4 is 5.73 Å². The third-order valence-electron chi connectivity index (χ3n) is 3.63. The SMILES string of the molecule is CCCc1nc(CC(C)(C)OC)c(N)n1C1CC1. The first kappa shape index (κ1) is 13.4. The minimum Gasteiger partial charge on any atom is -0.384 e. The zero-order chi connectivity index (χ0) is 13.3. The molecular weight excluding hydrogens is 226 g/mol. The van der Waals surface area contributed by atoms with Crippen molar-refractivity contribution in [2.24, 2.45) is 0 Å². The maximum absolute atomic E-state index is 6.28. The molecule has 0 spiro atoms. The minimum absolute atomic E-state index is 0.208. The molecular formula is C14H25N3O. The van der Waals surface area contributed by atoms with Crippen molar-refractivity contribution < 1.29 is 4.74 Å². The van der Waals surface area contributed by atoms with Gasteiger partial charge in [0.2, 0.25) is 0 Å². The number of hydrogen-bond acceptors (Lipinski definition) is 3. The van der Waals surface area contributed by atoms with Crippen molar-refractivity contribution in [3.05, 3.63) is 11.5 Å². The van der Waals surface area contributed by atoms with Gasteiger partial charge in [-0.05, 0) is 33.1 Å². The van der Waals surface area contributed by atoms with E-state index < -0.39 is 0 Å². The molecule has 1 saturated carbocycles. The second-order valence-corrected chi connectivity index (χ2v) is 5.85. The molecule has 0 unspecified atom stereocenters. The number of nitrogens with two attached hydrogens (primary N) is 1. The highest BCUT2D eigenvalue weighted by molar-refractivity contribution is 5.40. The summed E-state index contributed by atoms with van der Waals surface area (Å²) in [5.41, 5.74) is 7.07. The summed E-state index contributed by atoms with van der Waals surface area (Å²) < 4.78 is 7.73. The van der Waals surface area contributed by atoms with Gasteiger partial charge in [0.1, 0.15) is 11.6 Å². The highest BCUT2D eigenvalue weighted by atomic mass is 16.5. The molecule has 18 heavy (non-hydrogen) atoms. The van der Waals surface area contributed by atoms with Crippen LogP contribution in [0.2, 0.25) is 0 Å². The first-order valence-electron chi connectivity index (χ1n) is 6.89. The van der Waals surface area contributed by atoms with Gasteiger partial charge < -0.3 is 15.0 Å². The number of aromatic nitrogens is 2. The Morgan fingerprint density at radius 2 is 2.11 bits per heavy atom.